The zero-order valence-corrected chi connectivity index (χ0v) is 13.0. The van der Waals surface area contributed by atoms with Gasteiger partial charge in [0.05, 0.1) is 24.5 Å². The Bertz CT molecular complexity index is 935. The van der Waals surface area contributed by atoms with E-state index in [9.17, 15) is 18.8 Å². The van der Waals surface area contributed by atoms with E-state index in [1.165, 1.54) is 29.0 Å². The number of benzene rings is 1. The van der Waals surface area contributed by atoms with E-state index < -0.39 is 17.6 Å². The van der Waals surface area contributed by atoms with E-state index in [0.717, 1.165) is 17.0 Å². The number of amides is 2. The standard InChI is InChI=1S/C17H14FN3O4/c18-12-9-11(20-6-2-1-3-15(20)23)4-5-13(12)19-14-10-16(24)21(7-8-22)17(14)25/h1-6,9-10,19,22H,7-8H2. The van der Waals surface area contributed by atoms with Crippen LogP contribution in [0, 0.1) is 5.82 Å². The number of aromatic nitrogens is 1. The van der Waals surface area contributed by atoms with Gasteiger partial charge < -0.3 is 10.4 Å². The molecule has 3 rings (SSSR count). The molecule has 25 heavy (non-hydrogen) atoms. The van der Waals surface area contributed by atoms with Gasteiger partial charge >= 0.3 is 0 Å². The van der Waals surface area contributed by atoms with Crippen LogP contribution in [0.1, 0.15) is 0 Å². The Morgan fingerprint density at radius 1 is 1.12 bits per heavy atom. The predicted molar refractivity (Wildman–Crippen MR) is 87.5 cm³/mol. The van der Waals surface area contributed by atoms with E-state index in [1.807, 2.05) is 0 Å². The molecule has 1 aliphatic rings. The second-order valence-corrected chi connectivity index (χ2v) is 5.27. The number of imide groups is 1. The summed E-state index contributed by atoms with van der Waals surface area (Å²) < 4.78 is 15.6. The maximum absolute atomic E-state index is 14.3. The number of carbonyl (C=O) groups is 2. The third kappa shape index (κ3) is 3.20. The van der Waals surface area contributed by atoms with E-state index in [4.69, 9.17) is 5.11 Å². The highest BCUT2D eigenvalue weighted by Crippen LogP contribution is 2.22. The maximum atomic E-state index is 14.3. The smallest absolute Gasteiger partial charge is 0.277 e. The van der Waals surface area contributed by atoms with Crippen LogP contribution in [-0.2, 0) is 9.59 Å². The Labute approximate surface area is 141 Å². The zero-order valence-electron chi connectivity index (χ0n) is 13.0. The summed E-state index contributed by atoms with van der Waals surface area (Å²) >= 11 is 0. The molecule has 128 valence electrons. The van der Waals surface area contributed by atoms with Crippen LogP contribution in [0.3, 0.4) is 0 Å². The van der Waals surface area contributed by atoms with Gasteiger partial charge in [-0.1, -0.05) is 6.07 Å². The number of β-amino-alcohol motifs (C(OH)–C–C–N with tert-alkyl or cyclic N) is 1. The first-order valence-corrected chi connectivity index (χ1v) is 7.44. The van der Waals surface area contributed by atoms with E-state index in [-0.39, 0.29) is 30.1 Å². The topological polar surface area (TPSA) is 91.6 Å². The summed E-state index contributed by atoms with van der Waals surface area (Å²) in [6.07, 6.45) is 2.56. The van der Waals surface area contributed by atoms with Crippen LogP contribution in [0.5, 0.6) is 0 Å². The Kier molecular flexibility index (Phi) is 4.44. The number of nitrogens with one attached hydrogen (secondary N) is 1. The molecule has 0 saturated carbocycles. The monoisotopic (exact) mass is 343 g/mol. The summed E-state index contributed by atoms with van der Waals surface area (Å²) in [4.78, 5) is 36.4. The van der Waals surface area contributed by atoms with Crippen molar-refractivity contribution in [2.75, 3.05) is 18.5 Å². The molecular weight excluding hydrogens is 329 g/mol. The largest absolute Gasteiger partial charge is 0.395 e. The summed E-state index contributed by atoms with van der Waals surface area (Å²) in [5.41, 5.74) is -0.0622. The molecule has 0 spiro atoms. The normalized spacial score (nSPS) is 14.0. The molecule has 0 atom stereocenters. The molecule has 1 aliphatic heterocycles. The average Bonchev–Trinajstić information content (AvgIpc) is 2.85. The molecule has 0 saturated heterocycles. The third-order valence-corrected chi connectivity index (χ3v) is 3.66. The Balaban J connectivity index is 1.85. The van der Waals surface area contributed by atoms with Crippen molar-refractivity contribution in [3.8, 4) is 5.69 Å². The van der Waals surface area contributed by atoms with E-state index >= 15 is 0 Å². The van der Waals surface area contributed by atoms with Crippen LogP contribution in [0.4, 0.5) is 10.1 Å². The maximum Gasteiger partial charge on any atom is 0.277 e. The highest BCUT2D eigenvalue weighted by molar-refractivity contribution is 6.17. The lowest BCUT2D eigenvalue weighted by Gasteiger charge is -2.14. The van der Waals surface area contributed by atoms with Crippen LogP contribution >= 0.6 is 0 Å². The van der Waals surface area contributed by atoms with Crippen LogP contribution in [0.25, 0.3) is 5.69 Å². The number of nitrogens with zero attached hydrogens (tertiary/aromatic N) is 2. The summed E-state index contributed by atoms with van der Waals surface area (Å²) in [7, 11) is 0. The van der Waals surface area contributed by atoms with Gasteiger partial charge in [0.2, 0.25) is 0 Å². The summed E-state index contributed by atoms with van der Waals surface area (Å²) in [6, 6.07) is 8.62. The number of hydrogen-bond acceptors (Lipinski definition) is 5. The molecule has 8 heteroatoms. The van der Waals surface area contributed by atoms with Gasteiger partial charge in [0.15, 0.2) is 0 Å². The fraction of sp³-hybridized carbons (Fsp3) is 0.118. The number of rotatable bonds is 5. The van der Waals surface area contributed by atoms with Crippen molar-refractivity contribution >= 4 is 17.5 Å². The van der Waals surface area contributed by atoms with Gasteiger partial charge in [0.1, 0.15) is 11.5 Å². The van der Waals surface area contributed by atoms with Gasteiger partial charge in [-0.2, -0.15) is 0 Å². The van der Waals surface area contributed by atoms with Crippen molar-refractivity contribution in [2.24, 2.45) is 0 Å². The van der Waals surface area contributed by atoms with Crippen molar-refractivity contribution in [1.82, 2.24) is 9.47 Å². The minimum atomic E-state index is -0.685. The highest BCUT2D eigenvalue weighted by Gasteiger charge is 2.30. The molecule has 0 fully saturated rings. The van der Waals surface area contributed by atoms with Crippen molar-refractivity contribution in [2.45, 2.75) is 0 Å². The number of pyridine rings is 1. The molecule has 2 heterocycles. The molecule has 2 amide bonds. The van der Waals surface area contributed by atoms with Crippen molar-refractivity contribution < 1.29 is 19.1 Å². The second-order valence-electron chi connectivity index (χ2n) is 5.27. The lowest BCUT2D eigenvalue weighted by Crippen LogP contribution is -2.34. The fourth-order valence-electron chi connectivity index (χ4n) is 2.45. The Hall–Kier alpha value is -3.26. The molecule has 0 radical (unpaired) electrons. The molecule has 1 aromatic heterocycles. The first-order valence-electron chi connectivity index (χ1n) is 7.44. The third-order valence-electron chi connectivity index (χ3n) is 3.66. The number of anilines is 1. The molecule has 2 aromatic rings. The molecule has 0 unspecified atom stereocenters. The van der Waals surface area contributed by atoms with Crippen LogP contribution < -0.4 is 10.9 Å². The number of aliphatic hydroxyl groups is 1. The van der Waals surface area contributed by atoms with E-state index in [2.05, 4.69) is 5.32 Å². The Morgan fingerprint density at radius 3 is 2.60 bits per heavy atom. The van der Waals surface area contributed by atoms with Gasteiger partial charge in [-0.25, -0.2) is 4.39 Å². The minimum Gasteiger partial charge on any atom is -0.395 e. The summed E-state index contributed by atoms with van der Waals surface area (Å²) in [5.74, 6) is -1.90. The molecule has 2 N–H and O–H groups in total. The minimum absolute atomic E-state index is 0.00835. The first kappa shape index (κ1) is 16.6. The number of halogens is 1. The van der Waals surface area contributed by atoms with Gasteiger partial charge in [-0.05, 0) is 18.2 Å². The van der Waals surface area contributed by atoms with Crippen LogP contribution in [0.15, 0.2) is 59.2 Å². The van der Waals surface area contributed by atoms with Gasteiger partial charge in [-0.15, -0.1) is 0 Å². The van der Waals surface area contributed by atoms with E-state index in [0.29, 0.717) is 5.69 Å². The lowest BCUT2D eigenvalue weighted by atomic mass is 10.2. The quantitative estimate of drug-likeness (QED) is 0.777. The second kappa shape index (κ2) is 6.70. The predicted octanol–water partition coefficient (Wildman–Crippen LogP) is 0.633. The van der Waals surface area contributed by atoms with Gasteiger partial charge in [-0.3, -0.25) is 23.9 Å². The van der Waals surface area contributed by atoms with Gasteiger partial charge in [0.25, 0.3) is 17.4 Å². The molecule has 7 nitrogen and oxygen atoms in total. The number of hydrogen-bond donors (Lipinski definition) is 2. The van der Waals surface area contributed by atoms with Crippen LogP contribution in [-0.4, -0.2) is 39.5 Å². The molecule has 0 aliphatic carbocycles. The first-order chi connectivity index (χ1) is 12.0. The molecule has 1 aromatic carbocycles. The van der Waals surface area contributed by atoms with Crippen molar-refractivity contribution in [1.29, 1.82) is 0 Å². The average molecular weight is 343 g/mol. The Morgan fingerprint density at radius 2 is 1.92 bits per heavy atom. The molecule has 0 bridgehead atoms. The summed E-state index contributed by atoms with van der Waals surface area (Å²) in [6.45, 7) is -0.481. The number of aliphatic hydroxyl groups excluding tert-OH is 1. The fourth-order valence-corrected chi connectivity index (χ4v) is 2.45. The van der Waals surface area contributed by atoms with Crippen LogP contribution in [0.2, 0.25) is 0 Å². The van der Waals surface area contributed by atoms with E-state index in [1.54, 1.807) is 12.1 Å². The highest BCUT2D eigenvalue weighted by atomic mass is 19.1. The SMILES string of the molecule is O=C1C=C(Nc2ccc(-n3ccccc3=O)cc2F)C(=O)N1CCO. The van der Waals surface area contributed by atoms with Crippen molar-refractivity contribution in [3.63, 3.8) is 0 Å². The van der Waals surface area contributed by atoms with Gasteiger partial charge in [0, 0.05) is 24.4 Å². The zero-order chi connectivity index (χ0) is 18.0. The van der Waals surface area contributed by atoms with Crippen molar-refractivity contribution in [3.05, 3.63) is 70.5 Å². The lowest BCUT2D eigenvalue weighted by molar-refractivity contribution is -0.137. The summed E-state index contributed by atoms with van der Waals surface area (Å²) in [5, 5.41) is 11.4. The number of carbonyl (C=O) groups excluding carboxylic acids is 2. The molecular formula is C17H14FN3O4.